The van der Waals surface area contributed by atoms with E-state index in [1.54, 1.807) is 0 Å². The molecular weight excluding hydrogens is 352 g/mol. The van der Waals surface area contributed by atoms with Crippen molar-refractivity contribution in [2.24, 2.45) is 0 Å². The van der Waals surface area contributed by atoms with E-state index < -0.39 is 5.97 Å². The highest BCUT2D eigenvalue weighted by molar-refractivity contribution is 5.91. The van der Waals surface area contributed by atoms with Gasteiger partial charge in [0.2, 0.25) is 0 Å². The molecule has 1 rings (SSSR count). The van der Waals surface area contributed by atoms with Crippen LogP contribution in [-0.2, 0) is 9.59 Å². The number of anilines is 2. The van der Waals surface area contributed by atoms with Crippen LogP contribution in [0.4, 0.5) is 11.6 Å². The standard InChI is InChI=1S/C13H22N4O6.CO2/c18-5-1-16(2-6-19)10-9-14-12(11(15-10)13(22)23)17(3-7-20)4-8-21;2-1-3/h9,18-21H,1-8H2,(H,22,23);. The Hall–Kier alpha value is -2.63. The third kappa shape index (κ3) is 7.51. The lowest BCUT2D eigenvalue weighted by Gasteiger charge is -2.25. The van der Waals surface area contributed by atoms with Crippen molar-refractivity contribution < 1.29 is 39.9 Å². The molecule has 5 N–H and O–H groups in total. The van der Waals surface area contributed by atoms with E-state index in [0.29, 0.717) is 0 Å². The van der Waals surface area contributed by atoms with Gasteiger partial charge in [-0.05, 0) is 0 Å². The second-order valence-electron chi connectivity index (χ2n) is 4.66. The molecule has 0 aliphatic rings. The van der Waals surface area contributed by atoms with Gasteiger partial charge in [0, 0.05) is 26.2 Å². The van der Waals surface area contributed by atoms with Crippen LogP contribution >= 0.6 is 0 Å². The number of hydrogen-bond donors (Lipinski definition) is 5. The second kappa shape index (κ2) is 13.6. The molecule has 0 fully saturated rings. The number of nitrogens with zero attached hydrogens (tertiary/aromatic N) is 4. The molecule has 0 aliphatic carbocycles. The van der Waals surface area contributed by atoms with Crippen molar-refractivity contribution in [3.05, 3.63) is 11.9 Å². The van der Waals surface area contributed by atoms with Gasteiger partial charge in [-0.1, -0.05) is 0 Å². The number of carbonyl (C=O) groups excluding carboxylic acids is 2. The van der Waals surface area contributed by atoms with E-state index in [0.717, 1.165) is 0 Å². The molecule has 12 heteroatoms. The van der Waals surface area contributed by atoms with Crippen LogP contribution in [-0.4, -0.2) is 100 Å². The van der Waals surface area contributed by atoms with Crippen molar-refractivity contribution in [2.75, 3.05) is 62.4 Å². The fourth-order valence-electron chi connectivity index (χ4n) is 2.05. The molecule has 1 aromatic heterocycles. The van der Waals surface area contributed by atoms with E-state index in [4.69, 9.17) is 30.0 Å². The SMILES string of the molecule is O=C(O)c1nc(N(CCO)CCO)cnc1N(CCO)CCO.O=C=O. The molecule has 1 aromatic rings. The predicted molar refractivity (Wildman–Crippen MR) is 86.8 cm³/mol. The Morgan fingerprint density at radius 1 is 0.923 bits per heavy atom. The summed E-state index contributed by atoms with van der Waals surface area (Å²) in [6, 6.07) is 0. The molecule has 0 amide bonds. The lowest BCUT2D eigenvalue weighted by atomic mass is 10.3. The Bertz CT molecular complexity index is 568. The van der Waals surface area contributed by atoms with Gasteiger partial charge in [0.15, 0.2) is 11.5 Å². The van der Waals surface area contributed by atoms with Gasteiger partial charge in [-0.3, -0.25) is 0 Å². The molecule has 12 nitrogen and oxygen atoms in total. The number of carbonyl (C=O) groups is 1. The highest BCUT2D eigenvalue weighted by Crippen LogP contribution is 2.20. The van der Waals surface area contributed by atoms with E-state index in [9.17, 15) is 9.90 Å². The van der Waals surface area contributed by atoms with Crippen molar-refractivity contribution in [2.45, 2.75) is 0 Å². The zero-order chi connectivity index (χ0) is 19.9. The van der Waals surface area contributed by atoms with E-state index in [1.165, 1.54) is 16.0 Å². The normalized spacial score (nSPS) is 9.69. The van der Waals surface area contributed by atoms with Crippen LogP contribution in [0.3, 0.4) is 0 Å². The Morgan fingerprint density at radius 2 is 1.35 bits per heavy atom. The van der Waals surface area contributed by atoms with E-state index in [-0.39, 0.29) is 76.1 Å². The smallest absolute Gasteiger partial charge is 0.373 e. The molecule has 26 heavy (non-hydrogen) atoms. The predicted octanol–water partition coefficient (Wildman–Crippen LogP) is -2.83. The number of aliphatic hydroxyl groups is 4. The van der Waals surface area contributed by atoms with Crippen molar-refractivity contribution in [3.8, 4) is 0 Å². The maximum Gasteiger partial charge on any atom is 0.373 e. The zero-order valence-corrected chi connectivity index (χ0v) is 14.0. The van der Waals surface area contributed by atoms with Crippen molar-refractivity contribution >= 4 is 23.8 Å². The van der Waals surface area contributed by atoms with Crippen molar-refractivity contribution in [3.63, 3.8) is 0 Å². The van der Waals surface area contributed by atoms with Crippen LogP contribution in [0, 0.1) is 0 Å². The number of aromatic carboxylic acids is 1. The third-order valence-electron chi connectivity index (χ3n) is 3.05. The van der Waals surface area contributed by atoms with Crippen LogP contribution in [0.15, 0.2) is 6.20 Å². The summed E-state index contributed by atoms with van der Waals surface area (Å²) in [5, 5.41) is 45.5. The maximum absolute atomic E-state index is 11.5. The summed E-state index contributed by atoms with van der Waals surface area (Å²) in [5.74, 6) is -1.05. The average Bonchev–Trinajstić information content (AvgIpc) is 2.61. The summed E-state index contributed by atoms with van der Waals surface area (Å²) in [7, 11) is 0. The quantitative estimate of drug-likeness (QED) is 0.268. The first kappa shape index (κ1) is 23.4. The van der Waals surface area contributed by atoms with Gasteiger partial charge in [-0.2, -0.15) is 9.59 Å². The molecule has 0 aliphatic heterocycles. The minimum atomic E-state index is -1.30. The number of hydrogen-bond acceptors (Lipinski definition) is 11. The Labute approximate surface area is 149 Å². The van der Waals surface area contributed by atoms with E-state index in [2.05, 4.69) is 9.97 Å². The number of carboxylic acid groups (broad SMARTS) is 1. The number of aliphatic hydroxyl groups excluding tert-OH is 4. The highest BCUT2D eigenvalue weighted by Gasteiger charge is 2.21. The average molecular weight is 374 g/mol. The molecule has 0 bridgehead atoms. The molecule has 0 saturated heterocycles. The molecule has 0 unspecified atom stereocenters. The van der Waals surface area contributed by atoms with Crippen LogP contribution < -0.4 is 9.80 Å². The summed E-state index contributed by atoms with van der Waals surface area (Å²) in [6.07, 6.45) is 1.58. The van der Waals surface area contributed by atoms with Crippen LogP contribution in [0.5, 0.6) is 0 Å². The minimum absolute atomic E-state index is 0.0392. The molecule has 1 heterocycles. The van der Waals surface area contributed by atoms with Crippen molar-refractivity contribution in [1.82, 2.24) is 9.97 Å². The Kier molecular flexibility index (Phi) is 12.3. The Balaban J connectivity index is 0.00000194. The van der Waals surface area contributed by atoms with Gasteiger partial charge in [0.1, 0.15) is 5.82 Å². The second-order valence-corrected chi connectivity index (χ2v) is 4.66. The maximum atomic E-state index is 11.5. The first-order chi connectivity index (χ1) is 12.5. The summed E-state index contributed by atoms with van der Waals surface area (Å²) >= 11 is 0. The Morgan fingerprint density at radius 3 is 1.73 bits per heavy atom. The lowest BCUT2D eigenvalue weighted by molar-refractivity contribution is -0.191. The first-order valence-electron chi connectivity index (χ1n) is 7.53. The van der Waals surface area contributed by atoms with Gasteiger partial charge in [-0.25, -0.2) is 14.8 Å². The summed E-state index contributed by atoms with van der Waals surface area (Å²) in [5.41, 5.74) is -0.328. The number of aromatic nitrogens is 2. The molecular formula is C14H22N4O8. The zero-order valence-electron chi connectivity index (χ0n) is 14.0. The summed E-state index contributed by atoms with van der Waals surface area (Å²) in [6.45, 7) is -0.291. The van der Waals surface area contributed by atoms with Gasteiger partial charge in [0.05, 0.1) is 32.6 Å². The summed E-state index contributed by atoms with van der Waals surface area (Å²) in [4.78, 5) is 38.7. The van der Waals surface area contributed by atoms with Crippen molar-refractivity contribution in [1.29, 1.82) is 0 Å². The van der Waals surface area contributed by atoms with E-state index in [1.807, 2.05) is 0 Å². The number of rotatable bonds is 11. The van der Waals surface area contributed by atoms with Gasteiger partial charge < -0.3 is 35.3 Å². The highest BCUT2D eigenvalue weighted by atomic mass is 16.4. The molecule has 146 valence electrons. The van der Waals surface area contributed by atoms with E-state index >= 15 is 0 Å². The molecule has 0 atom stereocenters. The molecule has 0 aromatic carbocycles. The van der Waals surface area contributed by atoms with Crippen LogP contribution in [0.1, 0.15) is 10.5 Å². The summed E-state index contributed by atoms with van der Waals surface area (Å²) < 4.78 is 0. The minimum Gasteiger partial charge on any atom is -0.476 e. The first-order valence-corrected chi connectivity index (χ1v) is 7.53. The fraction of sp³-hybridized carbons (Fsp3) is 0.571. The molecule has 0 saturated carbocycles. The fourth-order valence-corrected chi connectivity index (χ4v) is 2.05. The number of carboxylic acids is 1. The molecule has 0 radical (unpaired) electrons. The van der Waals surface area contributed by atoms with Crippen LogP contribution in [0.2, 0.25) is 0 Å². The monoisotopic (exact) mass is 374 g/mol. The van der Waals surface area contributed by atoms with Crippen LogP contribution in [0.25, 0.3) is 0 Å². The van der Waals surface area contributed by atoms with Gasteiger partial charge >= 0.3 is 12.1 Å². The van der Waals surface area contributed by atoms with Gasteiger partial charge in [0.25, 0.3) is 0 Å². The molecule has 0 spiro atoms. The topological polar surface area (TPSA) is 185 Å². The largest absolute Gasteiger partial charge is 0.476 e. The van der Waals surface area contributed by atoms with Gasteiger partial charge in [-0.15, -0.1) is 0 Å². The third-order valence-corrected chi connectivity index (χ3v) is 3.05. The lowest BCUT2D eigenvalue weighted by Crippen LogP contribution is -2.34.